The van der Waals surface area contributed by atoms with Crippen molar-refractivity contribution >= 4 is 5.97 Å². The lowest BCUT2D eigenvalue weighted by Gasteiger charge is -2.49. The Morgan fingerprint density at radius 3 is 2.91 bits per heavy atom. The fourth-order valence-electron chi connectivity index (χ4n) is 5.82. The standard InChI is InChI=1S/C20H26O2/c1-20-10-3-4-18(20)17-8-5-13-12-14(19(21)22-2)6-7-15(13)16(17)9-11-20/h6-7,12,16-18H,3-5,8-11H2,1-2H3/t16-,17-,18+,20+/m1/s1. The topological polar surface area (TPSA) is 26.3 Å². The number of hydrogen-bond donors (Lipinski definition) is 0. The van der Waals surface area contributed by atoms with Crippen LogP contribution in [0.2, 0.25) is 0 Å². The van der Waals surface area contributed by atoms with Gasteiger partial charge >= 0.3 is 5.97 Å². The van der Waals surface area contributed by atoms with Gasteiger partial charge < -0.3 is 4.74 Å². The van der Waals surface area contributed by atoms with Crippen LogP contribution in [0.5, 0.6) is 0 Å². The highest BCUT2D eigenvalue weighted by Crippen LogP contribution is 2.60. The number of fused-ring (bicyclic) bond motifs is 5. The smallest absolute Gasteiger partial charge is 0.337 e. The maximum atomic E-state index is 11.8. The molecule has 0 aromatic heterocycles. The van der Waals surface area contributed by atoms with Crippen LogP contribution in [0, 0.1) is 17.3 Å². The van der Waals surface area contributed by atoms with Crippen molar-refractivity contribution in [2.45, 2.75) is 57.8 Å². The lowest BCUT2D eigenvalue weighted by molar-refractivity contribution is 0.0589. The van der Waals surface area contributed by atoms with Crippen molar-refractivity contribution in [3.8, 4) is 0 Å². The van der Waals surface area contributed by atoms with E-state index in [-0.39, 0.29) is 5.97 Å². The number of carbonyl (C=O) groups excluding carboxylic acids is 1. The molecule has 3 aliphatic rings. The van der Waals surface area contributed by atoms with Gasteiger partial charge in [0.05, 0.1) is 12.7 Å². The van der Waals surface area contributed by atoms with E-state index in [1.807, 2.05) is 6.07 Å². The Morgan fingerprint density at radius 1 is 1.23 bits per heavy atom. The van der Waals surface area contributed by atoms with Crippen LogP contribution in [0.25, 0.3) is 0 Å². The van der Waals surface area contributed by atoms with E-state index >= 15 is 0 Å². The van der Waals surface area contributed by atoms with Crippen molar-refractivity contribution < 1.29 is 9.53 Å². The van der Waals surface area contributed by atoms with Crippen LogP contribution >= 0.6 is 0 Å². The molecular formula is C20H26O2. The maximum absolute atomic E-state index is 11.8. The summed E-state index contributed by atoms with van der Waals surface area (Å²) in [6, 6.07) is 6.27. The van der Waals surface area contributed by atoms with Gasteiger partial charge in [-0.05, 0) is 85.0 Å². The Kier molecular flexibility index (Phi) is 3.32. The number of aryl methyl sites for hydroxylation is 1. The molecule has 0 amide bonds. The Hall–Kier alpha value is -1.31. The first kappa shape index (κ1) is 14.3. The average Bonchev–Trinajstić information content (AvgIpc) is 2.95. The predicted octanol–water partition coefficient (Wildman–Crippen LogP) is 4.72. The summed E-state index contributed by atoms with van der Waals surface area (Å²) in [7, 11) is 1.46. The zero-order valence-corrected chi connectivity index (χ0v) is 13.7. The molecule has 0 N–H and O–H groups in total. The molecule has 0 spiro atoms. The molecule has 2 saturated carbocycles. The minimum Gasteiger partial charge on any atom is -0.465 e. The van der Waals surface area contributed by atoms with Crippen LogP contribution in [0.15, 0.2) is 18.2 Å². The molecule has 2 heteroatoms. The van der Waals surface area contributed by atoms with Crippen molar-refractivity contribution in [3.05, 3.63) is 34.9 Å². The van der Waals surface area contributed by atoms with Gasteiger partial charge in [0.2, 0.25) is 0 Å². The van der Waals surface area contributed by atoms with Crippen molar-refractivity contribution in [2.75, 3.05) is 7.11 Å². The zero-order chi connectivity index (χ0) is 15.3. The number of benzene rings is 1. The van der Waals surface area contributed by atoms with E-state index in [0.717, 1.165) is 24.2 Å². The second-order valence-corrected chi connectivity index (χ2v) is 7.91. The zero-order valence-electron chi connectivity index (χ0n) is 13.7. The second-order valence-electron chi connectivity index (χ2n) is 7.91. The molecule has 0 saturated heterocycles. The number of esters is 1. The number of methoxy groups -OCH3 is 1. The van der Waals surface area contributed by atoms with Crippen LogP contribution in [-0.4, -0.2) is 13.1 Å². The third-order valence-electron chi connectivity index (χ3n) is 6.93. The van der Waals surface area contributed by atoms with Crippen LogP contribution < -0.4 is 0 Å². The molecule has 2 fully saturated rings. The highest BCUT2D eigenvalue weighted by atomic mass is 16.5. The Labute approximate surface area is 133 Å². The van der Waals surface area contributed by atoms with Crippen molar-refractivity contribution in [1.82, 2.24) is 0 Å². The van der Waals surface area contributed by atoms with E-state index in [0.29, 0.717) is 11.0 Å². The van der Waals surface area contributed by atoms with Gasteiger partial charge in [-0.25, -0.2) is 4.79 Å². The summed E-state index contributed by atoms with van der Waals surface area (Å²) >= 11 is 0. The minimum absolute atomic E-state index is 0.211. The summed E-state index contributed by atoms with van der Waals surface area (Å²) in [5.74, 6) is 2.32. The van der Waals surface area contributed by atoms with Gasteiger partial charge in [0.15, 0.2) is 0 Å². The fourth-order valence-corrected chi connectivity index (χ4v) is 5.82. The summed E-state index contributed by atoms with van der Waals surface area (Å²) in [4.78, 5) is 11.8. The van der Waals surface area contributed by atoms with Crippen molar-refractivity contribution in [1.29, 1.82) is 0 Å². The summed E-state index contributed by atoms with van der Waals surface area (Å²) in [5, 5.41) is 0. The van der Waals surface area contributed by atoms with E-state index in [2.05, 4.69) is 19.1 Å². The Morgan fingerprint density at radius 2 is 2.09 bits per heavy atom. The van der Waals surface area contributed by atoms with Gasteiger partial charge in [0, 0.05) is 0 Å². The van der Waals surface area contributed by atoms with Crippen LogP contribution in [0.3, 0.4) is 0 Å². The SMILES string of the molecule is COC(=O)c1ccc2c(c1)CC[C@@H]1[C@@H]2CC[C@]2(C)CCC[C@@H]12. The van der Waals surface area contributed by atoms with Gasteiger partial charge in [0.25, 0.3) is 0 Å². The Bertz CT molecular complexity index is 606. The number of carbonyl (C=O) groups is 1. The molecule has 0 unspecified atom stereocenters. The molecule has 0 radical (unpaired) electrons. The van der Waals surface area contributed by atoms with Gasteiger partial charge in [-0.1, -0.05) is 19.4 Å². The Balaban J connectivity index is 1.67. The van der Waals surface area contributed by atoms with Gasteiger partial charge in [-0.2, -0.15) is 0 Å². The molecule has 0 bridgehead atoms. The lowest BCUT2D eigenvalue weighted by atomic mass is 9.56. The van der Waals surface area contributed by atoms with E-state index in [1.165, 1.54) is 56.8 Å². The van der Waals surface area contributed by atoms with E-state index < -0.39 is 0 Å². The molecule has 22 heavy (non-hydrogen) atoms. The molecule has 4 rings (SSSR count). The van der Waals surface area contributed by atoms with Crippen molar-refractivity contribution in [2.24, 2.45) is 17.3 Å². The number of ether oxygens (including phenoxy) is 1. The third-order valence-corrected chi connectivity index (χ3v) is 6.93. The van der Waals surface area contributed by atoms with Crippen LogP contribution in [0.1, 0.15) is 72.9 Å². The largest absolute Gasteiger partial charge is 0.465 e. The second kappa shape index (κ2) is 5.11. The quantitative estimate of drug-likeness (QED) is 0.701. The summed E-state index contributed by atoms with van der Waals surface area (Å²) in [6.45, 7) is 2.54. The van der Waals surface area contributed by atoms with Gasteiger partial charge in [0.1, 0.15) is 0 Å². The summed E-state index contributed by atoms with van der Waals surface area (Å²) in [6.07, 6.45) is 9.47. The van der Waals surface area contributed by atoms with Crippen LogP contribution in [0.4, 0.5) is 0 Å². The minimum atomic E-state index is -0.211. The molecular weight excluding hydrogens is 272 g/mol. The highest BCUT2D eigenvalue weighted by molar-refractivity contribution is 5.89. The first-order chi connectivity index (χ1) is 10.6. The predicted molar refractivity (Wildman–Crippen MR) is 87.0 cm³/mol. The molecule has 1 aromatic carbocycles. The molecule has 0 heterocycles. The molecule has 0 aliphatic heterocycles. The lowest BCUT2D eigenvalue weighted by Crippen LogP contribution is -2.39. The summed E-state index contributed by atoms with van der Waals surface area (Å²) in [5.41, 5.74) is 4.25. The normalized spacial score (nSPS) is 36.2. The number of rotatable bonds is 1. The molecule has 1 aromatic rings. The highest BCUT2D eigenvalue weighted by Gasteiger charge is 2.50. The summed E-state index contributed by atoms with van der Waals surface area (Å²) < 4.78 is 4.86. The molecule has 3 aliphatic carbocycles. The first-order valence-corrected chi connectivity index (χ1v) is 8.83. The van der Waals surface area contributed by atoms with Gasteiger partial charge in [-0.15, -0.1) is 0 Å². The fraction of sp³-hybridized carbons (Fsp3) is 0.650. The molecule has 118 valence electrons. The van der Waals surface area contributed by atoms with E-state index in [9.17, 15) is 4.79 Å². The van der Waals surface area contributed by atoms with Crippen LogP contribution in [-0.2, 0) is 11.2 Å². The molecule has 2 nitrogen and oxygen atoms in total. The van der Waals surface area contributed by atoms with E-state index in [1.54, 1.807) is 0 Å². The van der Waals surface area contributed by atoms with E-state index in [4.69, 9.17) is 4.74 Å². The van der Waals surface area contributed by atoms with Crippen molar-refractivity contribution in [3.63, 3.8) is 0 Å². The monoisotopic (exact) mass is 298 g/mol. The van der Waals surface area contributed by atoms with Gasteiger partial charge in [-0.3, -0.25) is 0 Å². The molecule has 4 atom stereocenters. The third kappa shape index (κ3) is 2.03. The maximum Gasteiger partial charge on any atom is 0.337 e. The first-order valence-electron chi connectivity index (χ1n) is 8.83. The number of hydrogen-bond acceptors (Lipinski definition) is 2. The average molecular weight is 298 g/mol.